The monoisotopic (exact) mass is 294 g/mol. The Morgan fingerprint density at radius 3 is 2.48 bits per heavy atom. The van der Waals surface area contributed by atoms with Crippen LogP contribution in [0.2, 0.25) is 0 Å². The van der Waals surface area contributed by atoms with E-state index in [1.54, 1.807) is 7.11 Å². The summed E-state index contributed by atoms with van der Waals surface area (Å²) in [5.41, 5.74) is 0. The molecule has 1 saturated heterocycles. The average Bonchev–Trinajstić information content (AvgIpc) is 2.73. The fourth-order valence-electron chi connectivity index (χ4n) is 2.87. The number of fused-ring (bicyclic) bond motifs is 1. The third-order valence-corrected chi connectivity index (χ3v) is 4.01. The Labute approximate surface area is 124 Å². The first-order chi connectivity index (χ1) is 10.1. The second-order valence-corrected chi connectivity index (χ2v) is 5.43. The minimum Gasteiger partial charge on any atom is -0.383 e. The van der Waals surface area contributed by atoms with Gasteiger partial charge in [0.15, 0.2) is 0 Å². The maximum Gasteiger partial charge on any atom is 0.233 e. The molecule has 2 rings (SSSR count). The number of nitrogens with zero attached hydrogens (tertiary/aromatic N) is 1. The van der Waals surface area contributed by atoms with Crippen LogP contribution in [0.4, 0.5) is 0 Å². The molecule has 0 aromatic heterocycles. The van der Waals surface area contributed by atoms with E-state index in [1.807, 2.05) is 12.2 Å². The Kier molecular flexibility index (Phi) is 5.50. The number of rotatable bonds is 7. The molecular weight excluding hydrogens is 272 g/mol. The fraction of sp³-hybridized carbons (Fsp3) is 0.667. The molecule has 6 nitrogen and oxygen atoms in total. The zero-order chi connectivity index (χ0) is 15.2. The van der Waals surface area contributed by atoms with E-state index in [0.717, 1.165) is 0 Å². The Morgan fingerprint density at radius 1 is 1.29 bits per heavy atom. The van der Waals surface area contributed by atoms with Gasteiger partial charge < -0.3 is 10.1 Å². The minimum atomic E-state index is -0.182. The molecule has 1 heterocycles. The van der Waals surface area contributed by atoms with Crippen LogP contribution in [0.1, 0.15) is 25.7 Å². The van der Waals surface area contributed by atoms with Gasteiger partial charge in [-0.05, 0) is 19.3 Å². The predicted octanol–water partition coefficient (Wildman–Crippen LogP) is 0.480. The van der Waals surface area contributed by atoms with Crippen LogP contribution in [0.3, 0.4) is 0 Å². The zero-order valence-electron chi connectivity index (χ0n) is 12.3. The van der Waals surface area contributed by atoms with Gasteiger partial charge in [-0.3, -0.25) is 19.3 Å². The molecule has 3 amide bonds. The number of carbonyl (C=O) groups is 3. The standard InChI is InChI=1S/C15H22N2O4/c1-21-10-8-16-13(18)7-4-9-17-14(19)11-5-2-3-6-12(11)15(17)20/h2-3,11-12H,4-10H2,1H3,(H,16,18)/t11-,12+. The molecule has 116 valence electrons. The molecule has 0 aromatic carbocycles. The highest BCUT2D eigenvalue weighted by atomic mass is 16.5. The van der Waals surface area contributed by atoms with E-state index in [2.05, 4.69) is 5.32 Å². The lowest BCUT2D eigenvalue weighted by molar-refractivity contribution is -0.140. The van der Waals surface area contributed by atoms with Crippen molar-refractivity contribution in [2.75, 3.05) is 26.8 Å². The number of amides is 3. The lowest BCUT2D eigenvalue weighted by Gasteiger charge is -2.14. The predicted molar refractivity (Wildman–Crippen MR) is 76.2 cm³/mol. The molecule has 0 saturated carbocycles. The van der Waals surface area contributed by atoms with Crippen LogP contribution in [0, 0.1) is 11.8 Å². The normalized spacial score (nSPS) is 24.3. The van der Waals surface area contributed by atoms with Crippen LogP contribution in [-0.2, 0) is 19.1 Å². The van der Waals surface area contributed by atoms with E-state index in [1.165, 1.54) is 4.90 Å². The molecule has 1 fully saturated rings. The molecule has 0 bridgehead atoms. The van der Waals surface area contributed by atoms with Crippen molar-refractivity contribution < 1.29 is 19.1 Å². The van der Waals surface area contributed by atoms with Crippen molar-refractivity contribution in [1.29, 1.82) is 0 Å². The summed E-state index contributed by atoms with van der Waals surface area (Å²) in [7, 11) is 1.57. The molecular formula is C15H22N2O4. The van der Waals surface area contributed by atoms with Crippen LogP contribution in [-0.4, -0.2) is 49.4 Å². The van der Waals surface area contributed by atoms with Crippen molar-refractivity contribution >= 4 is 17.7 Å². The zero-order valence-corrected chi connectivity index (χ0v) is 12.3. The first-order valence-electron chi connectivity index (χ1n) is 7.41. The summed E-state index contributed by atoms with van der Waals surface area (Å²) in [4.78, 5) is 37.3. The second-order valence-electron chi connectivity index (χ2n) is 5.43. The lowest BCUT2D eigenvalue weighted by atomic mass is 9.85. The number of hydrogen-bond donors (Lipinski definition) is 1. The van der Waals surface area contributed by atoms with Gasteiger partial charge in [-0.25, -0.2) is 0 Å². The van der Waals surface area contributed by atoms with E-state index in [-0.39, 0.29) is 29.6 Å². The Hall–Kier alpha value is -1.69. The first kappa shape index (κ1) is 15.7. The van der Waals surface area contributed by atoms with Crippen molar-refractivity contribution in [1.82, 2.24) is 10.2 Å². The number of hydrogen-bond acceptors (Lipinski definition) is 4. The smallest absolute Gasteiger partial charge is 0.233 e. The van der Waals surface area contributed by atoms with Gasteiger partial charge in [0.2, 0.25) is 17.7 Å². The minimum absolute atomic E-state index is 0.0749. The van der Waals surface area contributed by atoms with Gasteiger partial charge in [-0.1, -0.05) is 12.2 Å². The average molecular weight is 294 g/mol. The summed E-state index contributed by atoms with van der Waals surface area (Å²) in [5, 5.41) is 2.72. The fourth-order valence-corrected chi connectivity index (χ4v) is 2.87. The van der Waals surface area contributed by atoms with Gasteiger partial charge >= 0.3 is 0 Å². The highest BCUT2D eigenvalue weighted by Crippen LogP contribution is 2.34. The highest BCUT2D eigenvalue weighted by molar-refractivity contribution is 6.05. The number of allylic oxidation sites excluding steroid dienone is 2. The van der Waals surface area contributed by atoms with Crippen molar-refractivity contribution in [2.24, 2.45) is 11.8 Å². The number of methoxy groups -OCH3 is 1. The van der Waals surface area contributed by atoms with Gasteiger partial charge in [-0.15, -0.1) is 0 Å². The van der Waals surface area contributed by atoms with Crippen molar-refractivity contribution in [3.63, 3.8) is 0 Å². The van der Waals surface area contributed by atoms with E-state index >= 15 is 0 Å². The number of ether oxygens (including phenoxy) is 1. The molecule has 21 heavy (non-hydrogen) atoms. The first-order valence-corrected chi connectivity index (χ1v) is 7.41. The van der Waals surface area contributed by atoms with Gasteiger partial charge in [0, 0.05) is 26.6 Å². The van der Waals surface area contributed by atoms with Crippen LogP contribution >= 0.6 is 0 Å². The van der Waals surface area contributed by atoms with Crippen molar-refractivity contribution in [3.8, 4) is 0 Å². The molecule has 0 aromatic rings. The molecule has 1 aliphatic carbocycles. The Bertz CT molecular complexity index is 421. The summed E-state index contributed by atoms with van der Waals surface area (Å²) in [6, 6.07) is 0. The second kappa shape index (κ2) is 7.36. The SMILES string of the molecule is COCCNC(=O)CCCN1C(=O)[C@H]2CC=CC[C@H]2C1=O. The summed E-state index contributed by atoms with van der Waals surface area (Å²) >= 11 is 0. The quantitative estimate of drug-likeness (QED) is 0.421. The Balaban J connectivity index is 1.75. The lowest BCUT2D eigenvalue weighted by Crippen LogP contribution is -2.33. The summed E-state index contributed by atoms with van der Waals surface area (Å²) in [5.74, 6) is -0.593. The highest BCUT2D eigenvalue weighted by Gasteiger charge is 2.46. The summed E-state index contributed by atoms with van der Waals surface area (Å²) in [6.07, 6.45) is 6.07. The van der Waals surface area contributed by atoms with E-state index in [9.17, 15) is 14.4 Å². The van der Waals surface area contributed by atoms with Gasteiger partial charge in [0.25, 0.3) is 0 Å². The molecule has 2 aliphatic rings. The molecule has 0 radical (unpaired) electrons. The van der Waals surface area contributed by atoms with Crippen molar-refractivity contribution in [3.05, 3.63) is 12.2 Å². The topological polar surface area (TPSA) is 75.7 Å². The maximum atomic E-state index is 12.2. The number of likely N-dealkylation sites (tertiary alicyclic amines) is 1. The van der Waals surface area contributed by atoms with Gasteiger partial charge in [0.05, 0.1) is 18.4 Å². The van der Waals surface area contributed by atoms with Crippen LogP contribution in [0.25, 0.3) is 0 Å². The van der Waals surface area contributed by atoms with Crippen LogP contribution in [0.5, 0.6) is 0 Å². The van der Waals surface area contributed by atoms with E-state index in [0.29, 0.717) is 45.4 Å². The van der Waals surface area contributed by atoms with Crippen LogP contribution in [0.15, 0.2) is 12.2 Å². The molecule has 0 spiro atoms. The van der Waals surface area contributed by atoms with Gasteiger partial charge in [0.1, 0.15) is 0 Å². The molecule has 6 heteroatoms. The van der Waals surface area contributed by atoms with E-state index in [4.69, 9.17) is 4.74 Å². The Morgan fingerprint density at radius 2 is 1.90 bits per heavy atom. The summed E-state index contributed by atoms with van der Waals surface area (Å²) < 4.78 is 4.84. The third-order valence-electron chi connectivity index (χ3n) is 4.01. The third kappa shape index (κ3) is 3.69. The van der Waals surface area contributed by atoms with Gasteiger partial charge in [-0.2, -0.15) is 0 Å². The number of imide groups is 1. The molecule has 1 aliphatic heterocycles. The maximum absolute atomic E-state index is 12.2. The van der Waals surface area contributed by atoms with Crippen molar-refractivity contribution in [2.45, 2.75) is 25.7 Å². The molecule has 0 unspecified atom stereocenters. The number of nitrogens with one attached hydrogen (secondary N) is 1. The number of carbonyl (C=O) groups excluding carboxylic acids is 3. The summed E-state index contributed by atoms with van der Waals surface area (Å²) in [6.45, 7) is 1.29. The van der Waals surface area contributed by atoms with E-state index < -0.39 is 0 Å². The van der Waals surface area contributed by atoms with Crippen LogP contribution < -0.4 is 5.32 Å². The molecule has 2 atom stereocenters. The molecule has 1 N–H and O–H groups in total. The largest absolute Gasteiger partial charge is 0.383 e.